The first-order chi connectivity index (χ1) is 14.2. The van der Waals surface area contributed by atoms with Crippen molar-refractivity contribution in [2.75, 3.05) is 0 Å². The summed E-state index contributed by atoms with van der Waals surface area (Å²) in [5.41, 5.74) is 9.01. The lowest BCUT2D eigenvalue weighted by molar-refractivity contribution is 0.772. The van der Waals surface area contributed by atoms with Crippen LogP contribution in [-0.2, 0) is 5.41 Å². The SMILES string of the molecule is C.C=CC1=C(C=C)C2(C(/C=C\C)=C1C=C)C(/C=C\C)=C(C=C)c1ccccc12.CC. The summed E-state index contributed by atoms with van der Waals surface area (Å²) in [6.45, 7) is 24.6. The van der Waals surface area contributed by atoms with Crippen LogP contribution in [0.1, 0.15) is 46.2 Å². The molecule has 0 amide bonds. The molecule has 0 aliphatic heterocycles. The van der Waals surface area contributed by atoms with E-state index in [-0.39, 0.29) is 7.43 Å². The highest BCUT2D eigenvalue weighted by atomic mass is 14.5. The average molecular weight is 397 g/mol. The van der Waals surface area contributed by atoms with Gasteiger partial charge < -0.3 is 0 Å². The maximum absolute atomic E-state index is 4.18. The highest BCUT2D eigenvalue weighted by molar-refractivity contribution is 5.94. The molecule has 30 heavy (non-hydrogen) atoms. The topological polar surface area (TPSA) is 0 Å². The molecule has 0 fully saturated rings. The van der Waals surface area contributed by atoms with Crippen molar-refractivity contribution in [3.05, 3.63) is 138 Å². The first-order valence-corrected chi connectivity index (χ1v) is 10.3. The van der Waals surface area contributed by atoms with Gasteiger partial charge in [-0.25, -0.2) is 0 Å². The Labute approximate surface area is 184 Å². The molecule has 1 aromatic carbocycles. The lowest BCUT2D eigenvalue weighted by Gasteiger charge is -2.33. The molecule has 0 N–H and O–H groups in total. The van der Waals surface area contributed by atoms with Crippen molar-refractivity contribution >= 4 is 5.57 Å². The van der Waals surface area contributed by atoms with Crippen molar-refractivity contribution in [1.82, 2.24) is 0 Å². The largest absolute Gasteiger partial charge is 0.0987 e. The zero-order chi connectivity index (χ0) is 21.6. The third-order valence-electron chi connectivity index (χ3n) is 5.48. The smallest absolute Gasteiger partial charge is 0.0725 e. The Morgan fingerprint density at radius 3 is 1.60 bits per heavy atom. The number of rotatable bonds is 6. The van der Waals surface area contributed by atoms with Crippen LogP contribution in [0.3, 0.4) is 0 Å². The van der Waals surface area contributed by atoms with Crippen LogP contribution >= 0.6 is 0 Å². The highest BCUT2D eigenvalue weighted by Crippen LogP contribution is 2.61. The van der Waals surface area contributed by atoms with E-state index in [1.807, 2.05) is 38.2 Å². The van der Waals surface area contributed by atoms with E-state index in [1.54, 1.807) is 0 Å². The zero-order valence-electron chi connectivity index (χ0n) is 18.3. The fourth-order valence-electron chi connectivity index (χ4n) is 4.64. The predicted octanol–water partition coefficient (Wildman–Crippen LogP) is 8.86. The third kappa shape index (κ3) is 3.27. The van der Waals surface area contributed by atoms with Gasteiger partial charge in [0.15, 0.2) is 0 Å². The Morgan fingerprint density at radius 1 is 0.667 bits per heavy atom. The normalized spacial score (nSPS) is 19.7. The lowest BCUT2D eigenvalue weighted by atomic mass is 9.67. The standard InChI is InChI=1S/C27H26.C2H6.CH4/c1-7-15-24-20(10-4)19(9-3)23(12-6)27(24)25(16-8-2)21(11-5)22-17-13-14-18-26(22)27;1-2;/h7-18H,3-6H2,1-2H3;1-2H3;1H4/b15-7-,16-8-;;. The van der Waals surface area contributed by atoms with E-state index in [4.69, 9.17) is 0 Å². The summed E-state index contributed by atoms with van der Waals surface area (Å²) in [4.78, 5) is 0. The molecular formula is C30H36. The molecule has 156 valence electrons. The molecule has 0 bridgehead atoms. The van der Waals surface area contributed by atoms with E-state index in [2.05, 4.69) is 88.7 Å². The molecule has 0 heterocycles. The number of benzene rings is 1. The highest BCUT2D eigenvalue weighted by Gasteiger charge is 2.51. The van der Waals surface area contributed by atoms with E-state index in [9.17, 15) is 0 Å². The molecule has 3 rings (SSSR count). The molecule has 1 unspecified atom stereocenters. The second-order valence-electron chi connectivity index (χ2n) is 6.59. The minimum atomic E-state index is -0.423. The van der Waals surface area contributed by atoms with E-state index < -0.39 is 5.41 Å². The summed E-state index contributed by atoms with van der Waals surface area (Å²) >= 11 is 0. The van der Waals surface area contributed by atoms with Crippen LogP contribution in [0.4, 0.5) is 0 Å². The summed E-state index contributed by atoms with van der Waals surface area (Å²) in [5.74, 6) is 0. The van der Waals surface area contributed by atoms with Gasteiger partial charge in [0, 0.05) is 0 Å². The van der Waals surface area contributed by atoms with Gasteiger partial charge in [-0.2, -0.15) is 0 Å². The Kier molecular flexibility index (Phi) is 8.80. The van der Waals surface area contributed by atoms with Gasteiger partial charge in [-0.1, -0.05) is 120 Å². The molecule has 1 aromatic rings. The Hall–Kier alpha value is -3.12. The van der Waals surface area contributed by atoms with Gasteiger partial charge in [0.25, 0.3) is 0 Å². The molecule has 0 heteroatoms. The summed E-state index contributed by atoms with van der Waals surface area (Å²) in [7, 11) is 0. The van der Waals surface area contributed by atoms with Crippen LogP contribution in [0.15, 0.2) is 127 Å². The van der Waals surface area contributed by atoms with Gasteiger partial charge >= 0.3 is 0 Å². The Morgan fingerprint density at radius 2 is 1.13 bits per heavy atom. The van der Waals surface area contributed by atoms with Gasteiger partial charge in [-0.15, -0.1) is 0 Å². The van der Waals surface area contributed by atoms with E-state index in [0.29, 0.717) is 0 Å². The molecule has 2 aliphatic rings. The van der Waals surface area contributed by atoms with Crippen molar-refractivity contribution in [3.63, 3.8) is 0 Å². The molecular weight excluding hydrogens is 360 g/mol. The first-order valence-electron chi connectivity index (χ1n) is 10.3. The second-order valence-corrected chi connectivity index (χ2v) is 6.59. The minimum Gasteiger partial charge on any atom is -0.0987 e. The van der Waals surface area contributed by atoms with Crippen molar-refractivity contribution in [1.29, 1.82) is 0 Å². The Balaban J connectivity index is 0.00000146. The second kappa shape index (κ2) is 10.6. The molecule has 0 radical (unpaired) electrons. The molecule has 0 saturated heterocycles. The zero-order valence-corrected chi connectivity index (χ0v) is 18.3. The van der Waals surface area contributed by atoms with E-state index in [0.717, 1.165) is 16.7 Å². The summed E-state index contributed by atoms with van der Waals surface area (Å²) in [6.07, 6.45) is 16.4. The van der Waals surface area contributed by atoms with Crippen LogP contribution < -0.4 is 0 Å². The molecule has 1 spiro atoms. The predicted molar refractivity (Wildman–Crippen MR) is 138 cm³/mol. The lowest BCUT2D eigenvalue weighted by Crippen LogP contribution is -2.28. The van der Waals surface area contributed by atoms with Crippen LogP contribution in [0.5, 0.6) is 0 Å². The van der Waals surface area contributed by atoms with E-state index >= 15 is 0 Å². The van der Waals surface area contributed by atoms with Crippen molar-refractivity contribution < 1.29 is 0 Å². The van der Waals surface area contributed by atoms with Gasteiger partial charge in [0.1, 0.15) is 0 Å². The maximum atomic E-state index is 4.18. The fourth-order valence-corrected chi connectivity index (χ4v) is 4.64. The van der Waals surface area contributed by atoms with Crippen molar-refractivity contribution in [3.8, 4) is 0 Å². The van der Waals surface area contributed by atoms with E-state index in [1.165, 1.54) is 27.8 Å². The van der Waals surface area contributed by atoms with Gasteiger partial charge in [0.2, 0.25) is 0 Å². The molecule has 0 saturated carbocycles. The summed E-state index contributed by atoms with van der Waals surface area (Å²) < 4.78 is 0. The third-order valence-corrected chi connectivity index (χ3v) is 5.48. The van der Waals surface area contributed by atoms with Crippen LogP contribution in [0, 0.1) is 0 Å². The van der Waals surface area contributed by atoms with Crippen LogP contribution in [0.25, 0.3) is 5.57 Å². The van der Waals surface area contributed by atoms with Gasteiger partial charge in [0.05, 0.1) is 5.41 Å². The molecule has 2 aliphatic carbocycles. The van der Waals surface area contributed by atoms with Gasteiger partial charge in [-0.05, 0) is 58.4 Å². The number of hydrogen-bond acceptors (Lipinski definition) is 0. The van der Waals surface area contributed by atoms with Crippen molar-refractivity contribution in [2.45, 2.75) is 40.5 Å². The van der Waals surface area contributed by atoms with Gasteiger partial charge in [-0.3, -0.25) is 0 Å². The molecule has 1 atom stereocenters. The fraction of sp³-hybridized carbons (Fsp3) is 0.200. The van der Waals surface area contributed by atoms with Crippen LogP contribution in [0.2, 0.25) is 0 Å². The Bertz CT molecular complexity index is 998. The molecule has 0 nitrogen and oxygen atoms in total. The quantitative estimate of drug-likeness (QED) is 0.450. The minimum absolute atomic E-state index is 0. The monoisotopic (exact) mass is 396 g/mol. The molecule has 0 aromatic heterocycles. The summed E-state index contributed by atoms with van der Waals surface area (Å²) in [6, 6.07) is 8.59. The first kappa shape index (κ1) is 24.9. The van der Waals surface area contributed by atoms with Crippen molar-refractivity contribution in [2.24, 2.45) is 0 Å². The number of allylic oxidation sites excluding steroid dienone is 14. The number of hydrogen-bond donors (Lipinski definition) is 0. The average Bonchev–Trinajstić information content (AvgIpc) is 3.20. The maximum Gasteiger partial charge on any atom is 0.0725 e. The summed E-state index contributed by atoms with van der Waals surface area (Å²) in [5, 5.41) is 0. The van der Waals surface area contributed by atoms with Crippen LogP contribution in [-0.4, -0.2) is 0 Å². The number of fused-ring (bicyclic) bond motifs is 2.